The molecule has 1 aliphatic heterocycles. The minimum Gasteiger partial charge on any atom is -0.355 e. The zero-order valence-corrected chi connectivity index (χ0v) is 48.4. The van der Waals surface area contributed by atoms with Gasteiger partial charge in [-0.25, -0.2) is 0 Å². The molecule has 1 N–H and O–H groups in total. The van der Waals surface area contributed by atoms with E-state index >= 15 is 0 Å². The molecule has 0 fully saturated rings. The van der Waals surface area contributed by atoms with E-state index in [0.717, 1.165) is 20.1 Å². The highest BCUT2D eigenvalue weighted by molar-refractivity contribution is 7.27. The summed E-state index contributed by atoms with van der Waals surface area (Å²) >= 11 is 1.98. The predicted octanol–water partition coefficient (Wildman–Crippen LogP) is 18.6. The Morgan fingerprint density at radius 1 is 0.446 bits per heavy atom. The van der Waals surface area contributed by atoms with E-state index in [9.17, 15) is 0 Å². The van der Waals surface area contributed by atoms with Crippen molar-refractivity contribution in [2.75, 3.05) is 10.2 Å². The second-order valence-corrected chi connectivity index (χ2v) is 28.7. The Balaban J connectivity index is 1.20. The van der Waals surface area contributed by atoms with E-state index in [1.807, 2.05) is 11.3 Å². The van der Waals surface area contributed by atoms with E-state index in [1.54, 1.807) is 0 Å². The molecule has 0 radical (unpaired) electrons. The number of aryl methyl sites for hydroxylation is 4. The van der Waals surface area contributed by atoms with Crippen molar-refractivity contribution in [2.24, 2.45) is 0 Å². The highest BCUT2D eigenvalue weighted by Gasteiger charge is 2.42. The molecule has 12 rings (SSSR count). The van der Waals surface area contributed by atoms with Gasteiger partial charge in [-0.1, -0.05) is 137 Å². The van der Waals surface area contributed by atoms with Crippen molar-refractivity contribution >= 4 is 78.2 Å². The van der Waals surface area contributed by atoms with Crippen molar-refractivity contribution in [2.45, 2.75) is 182 Å². The second-order valence-electron chi connectivity index (χ2n) is 27.7. The zero-order chi connectivity index (χ0) is 52.4. The average molecular weight is 991 g/mol. The van der Waals surface area contributed by atoms with Gasteiger partial charge in [0.1, 0.15) is 0 Å². The number of hydrogen-bond donors (Lipinski definition) is 1. The van der Waals surface area contributed by atoms with Gasteiger partial charge in [-0.15, -0.1) is 11.3 Å². The summed E-state index contributed by atoms with van der Waals surface area (Å²) in [5, 5.41) is 6.97. The molecule has 74 heavy (non-hydrogen) atoms. The number of hydrogen-bond acceptors (Lipinski definition) is 3. The van der Waals surface area contributed by atoms with Crippen LogP contribution in [0.25, 0.3) is 42.4 Å². The molecular formula is C70H79BN2S. The van der Waals surface area contributed by atoms with E-state index in [4.69, 9.17) is 0 Å². The molecule has 0 bridgehead atoms. The maximum absolute atomic E-state index is 4.26. The van der Waals surface area contributed by atoms with Gasteiger partial charge in [-0.05, 0) is 236 Å². The molecule has 2 heterocycles. The lowest BCUT2D eigenvalue weighted by molar-refractivity contribution is 0.332. The van der Waals surface area contributed by atoms with Crippen LogP contribution in [0.15, 0.2) is 103 Å². The van der Waals surface area contributed by atoms with Gasteiger partial charge < -0.3 is 10.2 Å². The van der Waals surface area contributed by atoms with Crippen LogP contribution in [0.4, 0.5) is 28.4 Å². The molecule has 0 saturated carbocycles. The Morgan fingerprint density at radius 3 is 1.64 bits per heavy atom. The van der Waals surface area contributed by atoms with Crippen molar-refractivity contribution in [3.05, 3.63) is 159 Å². The Labute approximate surface area is 448 Å². The molecule has 2 nitrogen and oxygen atoms in total. The number of benzene rings is 7. The third-order valence-corrected chi connectivity index (χ3v) is 20.7. The maximum Gasteiger partial charge on any atom is 0.200 e. The molecule has 1 aromatic heterocycles. The SMILES string of the molecule is Cc1cc(C)c(-c2cc(-c3cc4c(cc3Nc3ccc5c(c3)C(C)(C)CCC5(C)C)C(C)(C)CCC4(C)C)c3c(c2)N(c2cc4c(cc2C)C(C)(C)CCC4(C)C)c2ccc4c(sc5ccccc54)c2B3)c(C)c1. The van der Waals surface area contributed by atoms with Crippen LogP contribution in [0.2, 0.25) is 0 Å². The number of nitrogens with one attached hydrogen (secondary N) is 1. The van der Waals surface area contributed by atoms with Gasteiger partial charge >= 0.3 is 0 Å². The molecule has 378 valence electrons. The minimum absolute atomic E-state index is 0.0179. The highest BCUT2D eigenvalue weighted by atomic mass is 32.1. The molecule has 4 aliphatic rings. The lowest BCUT2D eigenvalue weighted by atomic mass is 9.57. The molecule has 0 spiro atoms. The van der Waals surface area contributed by atoms with Gasteiger partial charge in [0.2, 0.25) is 0 Å². The predicted molar refractivity (Wildman–Crippen MR) is 326 cm³/mol. The van der Waals surface area contributed by atoms with Gasteiger partial charge in [0.15, 0.2) is 7.28 Å². The molecule has 3 aliphatic carbocycles. The molecule has 4 heteroatoms. The molecule has 0 unspecified atom stereocenters. The van der Waals surface area contributed by atoms with Crippen molar-refractivity contribution in [3.63, 3.8) is 0 Å². The van der Waals surface area contributed by atoms with E-state index in [-0.39, 0.29) is 32.5 Å². The summed E-state index contributed by atoms with van der Waals surface area (Å²) in [7, 11) is 0.836. The summed E-state index contributed by atoms with van der Waals surface area (Å²) in [6.45, 7) is 38.9. The summed E-state index contributed by atoms with van der Waals surface area (Å²) in [6.07, 6.45) is 7.08. The first-order valence-electron chi connectivity index (χ1n) is 28.0. The third kappa shape index (κ3) is 7.68. The third-order valence-electron chi connectivity index (χ3n) is 19.5. The van der Waals surface area contributed by atoms with E-state index < -0.39 is 0 Å². The van der Waals surface area contributed by atoms with Crippen LogP contribution >= 0.6 is 11.3 Å². The summed E-state index contributed by atoms with van der Waals surface area (Å²) in [6, 6.07) is 41.7. The summed E-state index contributed by atoms with van der Waals surface area (Å²) in [5.41, 5.74) is 29.0. The molecule has 0 amide bonds. The van der Waals surface area contributed by atoms with Gasteiger partial charge in [-0.2, -0.15) is 0 Å². The van der Waals surface area contributed by atoms with E-state index in [0.29, 0.717) is 0 Å². The highest BCUT2D eigenvalue weighted by Crippen LogP contribution is 2.54. The first kappa shape index (κ1) is 49.3. The fourth-order valence-corrected chi connectivity index (χ4v) is 15.8. The van der Waals surface area contributed by atoms with E-state index in [1.165, 1.54) is 163 Å². The van der Waals surface area contributed by atoms with Gasteiger partial charge in [-0.3, -0.25) is 0 Å². The monoisotopic (exact) mass is 991 g/mol. The van der Waals surface area contributed by atoms with Crippen LogP contribution in [0, 0.1) is 27.7 Å². The van der Waals surface area contributed by atoms with Gasteiger partial charge in [0.25, 0.3) is 0 Å². The van der Waals surface area contributed by atoms with Crippen LogP contribution in [-0.2, 0) is 32.5 Å². The van der Waals surface area contributed by atoms with E-state index in [2.05, 4.69) is 224 Å². The lowest BCUT2D eigenvalue weighted by Crippen LogP contribution is -2.42. The van der Waals surface area contributed by atoms with Gasteiger partial charge in [0, 0.05) is 48.8 Å². The lowest BCUT2D eigenvalue weighted by Gasteiger charge is -2.44. The standard InChI is InChI=1S/C70H79BN2S/c1-40-31-42(3)61(43(4)32-40)44-34-49(48-37-53-54(69(13,14)29-28-68(53,11)12)38-56(48)72-45-21-23-50-52(36-45)67(9,10)26-25-65(50,5)6)62-59(35-44)73(58-39-55-51(33-41(58)2)66(7,8)27-30-70(55,15)16)57-24-22-47-46-19-17-18-20-60(46)74-64(47)63(57)71-62/h17-24,31-39,71-72H,25-30H2,1-16H3. The summed E-state index contributed by atoms with van der Waals surface area (Å²) < 4.78 is 2.76. The van der Waals surface area contributed by atoms with Crippen molar-refractivity contribution in [1.82, 2.24) is 0 Å². The molecule has 7 aromatic carbocycles. The molecule has 0 atom stereocenters. The largest absolute Gasteiger partial charge is 0.355 e. The topological polar surface area (TPSA) is 15.3 Å². The molecular weight excluding hydrogens is 912 g/mol. The fourth-order valence-electron chi connectivity index (χ4n) is 14.6. The smallest absolute Gasteiger partial charge is 0.200 e. The zero-order valence-electron chi connectivity index (χ0n) is 47.6. The normalized spacial score (nSPS) is 19.2. The van der Waals surface area contributed by atoms with Crippen molar-refractivity contribution in [3.8, 4) is 22.3 Å². The number of thiophene rings is 1. The summed E-state index contributed by atoms with van der Waals surface area (Å²) in [5.74, 6) is 0. The number of nitrogens with zero attached hydrogens (tertiary/aromatic N) is 1. The first-order chi connectivity index (χ1) is 34.7. The van der Waals surface area contributed by atoms with Crippen LogP contribution in [0.1, 0.15) is 177 Å². The van der Waals surface area contributed by atoms with Crippen molar-refractivity contribution in [1.29, 1.82) is 0 Å². The van der Waals surface area contributed by atoms with Crippen LogP contribution in [0.3, 0.4) is 0 Å². The number of anilines is 5. The van der Waals surface area contributed by atoms with Gasteiger partial charge in [0.05, 0.1) is 0 Å². The Kier molecular flexibility index (Phi) is 11.0. The van der Waals surface area contributed by atoms with Crippen molar-refractivity contribution < 1.29 is 0 Å². The fraction of sp³-hybridized carbons (Fsp3) is 0.400. The Bertz CT molecular complexity index is 3660. The average Bonchev–Trinajstić information content (AvgIpc) is 3.72. The van der Waals surface area contributed by atoms with Crippen LogP contribution in [0.5, 0.6) is 0 Å². The maximum atomic E-state index is 4.26. The Morgan fingerprint density at radius 2 is 1.00 bits per heavy atom. The minimum atomic E-state index is 0.0179. The molecule has 8 aromatic rings. The number of fused-ring (bicyclic) bond motifs is 9. The second kappa shape index (κ2) is 16.5. The quantitative estimate of drug-likeness (QED) is 0.173. The summed E-state index contributed by atoms with van der Waals surface area (Å²) in [4.78, 5) is 2.73. The van der Waals surface area contributed by atoms with Crippen LogP contribution in [-0.4, -0.2) is 7.28 Å². The Hall–Kier alpha value is -5.58. The first-order valence-corrected chi connectivity index (χ1v) is 28.8. The number of rotatable bonds is 5. The molecule has 0 saturated heterocycles. The van der Waals surface area contributed by atoms with Crippen LogP contribution < -0.4 is 21.1 Å².